The second-order valence-electron chi connectivity index (χ2n) is 6.71. The quantitative estimate of drug-likeness (QED) is 0.543. The van der Waals surface area contributed by atoms with Crippen LogP contribution in [0.3, 0.4) is 0 Å². The monoisotopic (exact) mass is 291 g/mol. The maximum absolute atomic E-state index is 13.0. The van der Waals surface area contributed by atoms with Crippen LogP contribution in [0.1, 0.15) is 69.2 Å². The van der Waals surface area contributed by atoms with Gasteiger partial charge in [0.2, 0.25) is 5.95 Å². The Kier molecular flexibility index (Phi) is 5.89. The standard InChI is InChI=1S/C18H26FNO/c1-13(2)15-8-6-14(7-9-15)4-3-5-17(21)16-10-11-20-18(19)12-16/h10-15H,3-9H2,1-2H3. The van der Waals surface area contributed by atoms with Crippen LogP contribution in [0.15, 0.2) is 18.3 Å². The molecule has 0 aliphatic heterocycles. The minimum absolute atomic E-state index is 0.0344. The highest BCUT2D eigenvalue weighted by molar-refractivity contribution is 5.95. The normalized spacial score (nSPS) is 22.5. The molecule has 1 fully saturated rings. The predicted molar refractivity (Wildman–Crippen MR) is 82.7 cm³/mol. The molecule has 1 aliphatic rings. The van der Waals surface area contributed by atoms with Gasteiger partial charge in [0.25, 0.3) is 0 Å². The summed E-state index contributed by atoms with van der Waals surface area (Å²) in [5.41, 5.74) is 0.450. The molecule has 1 aromatic rings. The number of carbonyl (C=O) groups is 1. The number of halogens is 1. The zero-order valence-corrected chi connectivity index (χ0v) is 13.1. The van der Waals surface area contributed by atoms with Crippen LogP contribution in [0.4, 0.5) is 4.39 Å². The lowest BCUT2D eigenvalue weighted by atomic mass is 9.75. The third-order valence-electron chi connectivity index (χ3n) is 4.90. The van der Waals surface area contributed by atoms with Crippen molar-refractivity contribution in [1.82, 2.24) is 4.98 Å². The molecule has 116 valence electrons. The van der Waals surface area contributed by atoms with E-state index in [1.165, 1.54) is 37.9 Å². The van der Waals surface area contributed by atoms with Crippen molar-refractivity contribution in [2.24, 2.45) is 17.8 Å². The number of aromatic nitrogens is 1. The smallest absolute Gasteiger partial charge is 0.213 e. The molecule has 3 heteroatoms. The van der Waals surface area contributed by atoms with Crippen molar-refractivity contribution < 1.29 is 9.18 Å². The van der Waals surface area contributed by atoms with E-state index in [1.807, 2.05) is 0 Å². The van der Waals surface area contributed by atoms with E-state index >= 15 is 0 Å². The summed E-state index contributed by atoms with van der Waals surface area (Å²) in [6, 6.07) is 2.83. The topological polar surface area (TPSA) is 30.0 Å². The zero-order chi connectivity index (χ0) is 15.2. The average Bonchev–Trinajstić information content (AvgIpc) is 2.47. The second-order valence-corrected chi connectivity index (χ2v) is 6.71. The van der Waals surface area contributed by atoms with Crippen LogP contribution in [0, 0.1) is 23.7 Å². The third kappa shape index (κ3) is 4.90. The van der Waals surface area contributed by atoms with E-state index in [9.17, 15) is 9.18 Å². The lowest BCUT2D eigenvalue weighted by molar-refractivity contribution is 0.0975. The number of hydrogen-bond acceptors (Lipinski definition) is 2. The van der Waals surface area contributed by atoms with Crippen LogP contribution in [-0.2, 0) is 0 Å². The van der Waals surface area contributed by atoms with Crippen molar-refractivity contribution in [1.29, 1.82) is 0 Å². The summed E-state index contributed by atoms with van der Waals surface area (Å²) >= 11 is 0. The van der Waals surface area contributed by atoms with Crippen molar-refractivity contribution in [2.75, 3.05) is 0 Å². The average molecular weight is 291 g/mol. The Morgan fingerprint density at radius 3 is 2.67 bits per heavy atom. The summed E-state index contributed by atoms with van der Waals surface area (Å²) in [7, 11) is 0. The van der Waals surface area contributed by atoms with Gasteiger partial charge in [0, 0.05) is 24.2 Å². The lowest BCUT2D eigenvalue weighted by Gasteiger charge is -2.30. The van der Waals surface area contributed by atoms with Crippen LogP contribution in [0.5, 0.6) is 0 Å². The molecule has 21 heavy (non-hydrogen) atoms. The number of nitrogens with zero attached hydrogens (tertiary/aromatic N) is 1. The summed E-state index contributed by atoms with van der Waals surface area (Å²) in [4.78, 5) is 15.5. The Morgan fingerprint density at radius 1 is 1.33 bits per heavy atom. The maximum atomic E-state index is 13.0. The van der Waals surface area contributed by atoms with Crippen LogP contribution < -0.4 is 0 Å². The summed E-state index contributed by atoms with van der Waals surface area (Å²) in [5, 5.41) is 0. The second kappa shape index (κ2) is 7.67. The fourth-order valence-corrected chi connectivity index (χ4v) is 3.42. The summed E-state index contributed by atoms with van der Waals surface area (Å²) in [5.74, 6) is 1.93. The van der Waals surface area contributed by atoms with E-state index in [1.54, 1.807) is 6.07 Å². The van der Waals surface area contributed by atoms with Crippen LogP contribution >= 0.6 is 0 Å². The van der Waals surface area contributed by atoms with Gasteiger partial charge in [-0.25, -0.2) is 4.98 Å². The molecule has 0 radical (unpaired) electrons. The van der Waals surface area contributed by atoms with Gasteiger partial charge in [-0.15, -0.1) is 0 Å². The molecule has 0 bridgehead atoms. The van der Waals surface area contributed by atoms with Crippen molar-refractivity contribution >= 4 is 5.78 Å². The molecule has 0 saturated heterocycles. The molecular formula is C18H26FNO. The third-order valence-corrected chi connectivity index (χ3v) is 4.90. The number of pyridine rings is 1. The van der Waals surface area contributed by atoms with Gasteiger partial charge in [0.1, 0.15) is 0 Å². The lowest BCUT2D eigenvalue weighted by Crippen LogP contribution is -2.18. The molecule has 0 unspecified atom stereocenters. The highest BCUT2D eigenvalue weighted by atomic mass is 19.1. The SMILES string of the molecule is CC(C)C1CCC(CCCC(=O)c2ccnc(F)c2)CC1. The van der Waals surface area contributed by atoms with Gasteiger partial charge < -0.3 is 0 Å². The molecule has 0 N–H and O–H groups in total. The Labute approximate surface area is 127 Å². The van der Waals surface area contributed by atoms with Gasteiger partial charge in [-0.05, 0) is 43.1 Å². The minimum Gasteiger partial charge on any atom is -0.294 e. The van der Waals surface area contributed by atoms with E-state index in [0.717, 1.165) is 30.6 Å². The first-order valence-electron chi connectivity index (χ1n) is 8.21. The van der Waals surface area contributed by atoms with E-state index in [4.69, 9.17) is 0 Å². The highest BCUT2D eigenvalue weighted by Gasteiger charge is 2.23. The van der Waals surface area contributed by atoms with Crippen LogP contribution in [0.2, 0.25) is 0 Å². The van der Waals surface area contributed by atoms with Gasteiger partial charge in [-0.2, -0.15) is 4.39 Å². The summed E-state index contributed by atoms with van der Waals surface area (Å²) < 4.78 is 13.0. The predicted octanol–water partition coefficient (Wildman–Crippen LogP) is 5.04. The number of Topliss-reactive ketones (excluding diaryl/α,β-unsaturated/α-hetero) is 1. The zero-order valence-electron chi connectivity index (χ0n) is 13.1. The molecule has 2 rings (SSSR count). The molecule has 1 aliphatic carbocycles. The van der Waals surface area contributed by atoms with Gasteiger partial charge in [0.05, 0.1) is 0 Å². The van der Waals surface area contributed by atoms with Gasteiger partial charge in [0.15, 0.2) is 5.78 Å². The van der Waals surface area contributed by atoms with E-state index in [-0.39, 0.29) is 5.78 Å². The van der Waals surface area contributed by atoms with Crippen molar-refractivity contribution in [3.63, 3.8) is 0 Å². The Balaban J connectivity index is 1.69. The molecular weight excluding hydrogens is 265 g/mol. The Hall–Kier alpha value is -1.25. The fraction of sp³-hybridized carbons (Fsp3) is 0.667. The minimum atomic E-state index is -0.576. The van der Waals surface area contributed by atoms with Crippen molar-refractivity contribution in [2.45, 2.75) is 58.8 Å². The number of hydrogen-bond donors (Lipinski definition) is 0. The maximum Gasteiger partial charge on any atom is 0.213 e. The first kappa shape index (κ1) is 16.1. The molecule has 0 spiro atoms. The van der Waals surface area contributed by atoms with Crippen LogP contribution in [0.25, 0.3) is 0 Å². The van der Waals surface area contributed by atoms with Crippen LogP contribution in [-0.4, -0.2) is 10.8 Å². The number of carbonyl (C=O) groups excluding carboxylic acids is 1. The Morgan fingerprint density at radius 2 is 2.05 bits per heavy atom. The summed E-state index contributed by atoms with van der Waals surface area (Å²) in [6.45, 7) is 4.63. The fourth-order valence-electron chi connectivity index (χ4n) is 3.42. The van der Waals surface area contributed by atoms with Gasteiger partial charge in [-0.1, -0.05) is 33.1 Å². The largest absolute Gasteiger partial charge is 0.294 e. The van der Waals surface area contributed by atoms with Crippen molar-refractivity contribution in [3.8, 4) is 0 Å². The van der Waals surface area contributed by atoms with Gasteiger partial charge in [-0.3, -0.25) is 4.79 Å². The molecule has 0 amide bonds. The number of rotatable bonds is 6. The van der Waals surface area contributed by atoms with E-state index in [0.29, 0.717) is 12.0 Å². The van der Waals surface area contributed by atoms with E-state index in [2.05, 4.69) is 18.8 Å². The molecule has 0 atom stereocenters. The Bertz CT molecular complexity index is 464. The molecule has 2 nitrogen and oxygen atoms in total. The van der Waals surface area contributed by atoms with Gasteiger partial charge >= 0.3 is 0 Å². The van der Waals surface area contributed by atoms with E-state index < -0.39 is 5.95 Å². The first-order chi connectivity index (χ1) is 10.1. The van der Waals surface area contributed by atoms with Crippen molar-refractivity contribution in [3.05, 3.63) is 29.8 Å². The number of ketones is 1. The highest BCUT2D eigenvalue weighted by Crippen LogP contribution is 2.35. The molecule has 1 saturated carbocycles. The molecule has 1 heterocycles. The molecule has 0 aromatic carbocycles. The summed E-state index contributed by atoms with van der Waals surface area (Å²) in [6.07, 6.45) is 9.22. The first-order valence-corrected chi connectivity index (χ1v) is 8.21. The molecule has 1 aromatic heterocycles.